The summed E-state index contributed by atoms with van der Waals surface area (Å²) in [5, 5.41) is 15.6. The van der Waals surface area contributed by atoms with Crippen molar-refractivity contribution < 1.29 is 18.6 Å². The molecule has 4 aromatic rings. The number of piperazine rings is 1. The molecule has 2 N–H and O–H groups in total. The van der Waals surface area contributed by atoms with Crippen LogP contribution in [0.1, 0.15) is 51.0 Å². The van der Waals surface area contributed by atoms with Crippen LogP contribution in [-0.2, 0) is 0 Å². The first kappa shape index (κ1) is 29.4. The second-order valence-corrected chi connectivity index (χ2v) is 14.1. The van der Waals surface area contributed by atoms with Crippen molar-refractivity contribution in [3.05, 3.63) is 53.6 Å². The Morgan fingerprint density at radius 1 is 1.07 bits per heavy atom. The topological polar surface area (TPSA) is 73.8 Å². The van der Waals surface area contributed by atoms with Gasteiger partial charge in [-0.15, -0.1) is 6.42 Å². The number of phenolic OH excluding ortho intramolecular Hbond substituents is 1. The fourth-order valence-corrected chi connectivity index (χ4v) is 7.85. The van der Waals surface area contributed by atoms with E-state index in [1.807, 2.05) is 0 Å². The third-order valence-electron chi connectivity index (χ3n) is 10.6. The zero-order valence-electron chi connectivity index (χ0n) is 26.2. The molecule has 46 heavy (non-hydrogen) atoms. The Hall–Kier alpha value is -4.00. The third kappa shape index (κ3) is 5.31. The van der Waals surface area contributed by atoms with Gasteiger partial charge in [-0.05, 0) is 87.2 Å². The lowest BCUT2D eigenvalue weighted by Crippen LogP contribution is -2.51. The van der Waals surface area contributed by atoms with Crippen LogP contribution in [0.4, 0.5) is 14.6 Å². The van der Waals surface area contributed by atoms with Gasteiger partial charge in [0.25, 0.3) is 0 Å². The van der Waals surface area contributed by atoms with E-state index in [1.165, 1.54) is 25.0 Å². The van der Waals surface area contributed by atoms with E-state index in [2.05, 4.69) is 32.9 Å². The van der Waals surface area contributed by atoms with Gasteiger partial charge in [-0.2, -0.15) is 9.97 Å². The lowest BCUT2D eigenvalue weighted by atomic mass is 9.93. The molecule has 2 bridgehead atoms. The minimum atomic E-state index is -0.830. The molecule has 3 aromatic carbocycles. The summed E-state index contributed by atoms with van der Waals surface area (Å²) in [7, 11) is 0. The van der Waals surface area contributed by atoms with Gasteiger partial charge in [-0.25, -0.2) is 8.78 Å². The predicted octanol–water partition coefficient (Wildman–Crippen LogP) is 6.25. The fourth-order valence-electron chi connectivity index (χ4n) is 7.85. The van der Waals surface area contributed by atoms with Crippen LogP contribution in [0, 0.1) is 35.3 Å². The zero-order chi connectivity index (χ0) is 31.6. The first-order valence-corrected chi connectivity index (χ1v) is 16.6. The maximum Gasteiger partial charge on any atom is 0.319 e. The molecule has 0 amide bonds. The van der Waals surface area contributed by atoms with Crippen molar-refractivity contribution in [2.75, 3.05) is 44.2 Å². The molecular weight excluding hydrogens is 584 g/mol. The van der Waals surface area contributed by atoms with Crippen molar-refractivity contribution in [1.29, 1.82) is 0 Å². The number of benzene rings is 3. The van der Waals surface area contributed by atoms with E-state index in [0.29, 0.717) is 59.3 Å². The summed E-state index contributed by atoms with van der Waals surface area (Å²) in [6, 6.07) is 10.2. The van der Waals surface area contributed by atoms with Crippen LogP contribution in [0.25, 0.3) is 32.8 Å². The van der Waals surface area contributed by atoms with Gasteiger partial charge in [0.15, 0.2) is 5.82 Å². The number of likely N-dealkylation sites (tertiary alicyclic amines) is 1. The maximum absolute atomic E-state index is 16.9. The second kappa shape index (κ2) is 11.4. The summed E-state index contributed by atoms with van der Waals surface area (Å²) in [6.07, 6.45) is 12.5. The minimum Gasteiger partial charge on any atom is -0.508 e. The number of piperidine rings is 1. The first-order chi connectivity index (χ1) is 22.3. The van der Waals surface area contributed by atoms with Gasteiger partial charge < -0.3 is 25.0 Å². The number of nitrogens with zero attached hydrogens (tertiary/aromatic N) is 4. The highest BCUT2D eigenvalue weighted by Gasteiger charge is 2.45. The molecule has 8 rings (SSSR count). The molecule has 4 fully saturated rings. The number of terminal acetylenes is 1. The number of halogens is 2. The number of aromatic hydroxyl groups is 1. The summed E-state index contributed by atoms with van der Waals surface area (Å²) in [5.74, 6) is 2.18. The van der Waals surface area contributed by atoms with Crippen molar-refractivity contribution in [3.8, 4) is 35.2 Å². The van der Waals surface area contributed by atoms with Gasteiger partial charge in [0.1, 0.15) is 22.9 Å². The summed E-state index contributed by atoms with van der Waals surface area (Å²) in [6.45, 7) is 7.34. The van der Waals surface area contributed by atoms with E-state index < -0.39 is 11.6 Å². The number of nitrogens with one attached hydrogen (secondary N) is 1. The molecule has 3 saturated heterocycles. The summed E-state index contributed by atoms with van der Waals surface area (Å²) in [4.78, 5) is 14.1. The average Bonchev–Trinajstić information content (AvgIpc) is 3.74. The van der Waals surface area contributed by atoms with E-state index in [9.17, 15) is 5.11 Å². The van der Waals surface area contributed by atoms with Crippen molar-refractivity contribution in [2.45, 2.75) is 57.5 Å². The fraction of sp³-hybridized carbons (Fsp3) is 0.459. The number of rotatable bonds is 7. The molecule has 1 aromatic heterocycles. The molecular formula is C37H39F2N5O2. The molecule has 238 valence electrons. The maximum atomic E-state index is 16.9. The Balaban J connectivity index is 1.22. The molecule has 1 aliphatic carbocycles. The van der Waals surface area contributed by atoms with Crippen molar-refractivity contribution >= 4 is 27.5 Å². The quantitative estimate of drug-likeness (QED) is 0.236. The molecule has 0 spiro atoms. The first-order valence-electron chi connectivity index (χ1n) is 16.6. The van der Waals surface area contributed by atoms with Crippen LogP contribution in [0.3, 0.4) is 0 Å². The summed E-state index contributed by atoms with van der Waals surface area (Å²) < 4.78 is 39.5. The van der Waals surface area contributed by atoms with E-state index in [-0.39, 0.29) is 33.8 Å². The minimum absolute atomic E-state index is 0.00757. The number of hydrogen-bond acceptors (Lipinski definition) is 7. The Morgan fingerprint density at radius 2 is 1.83 bits per heavy atom. The van der Waals surface area contributed by atoms with Gasteiger partial charge in [0.05, 0.1) is 12.2 Å². The van der Waals surface area contributed by atoms with Crippen LogP contribution in [-0.4, -0.2) is 71.4 Å². The number of phenols is 1. The van der Waals surface area contributed by atoms with Gasteiger partial charge in [0, 0.05) is 59.0 Å². The molecule has 4 aliphatic rings. The average molecular weight is 624 g/mol. The Labute approximate surface area is 268 Å². The highest BCUT2D eigenvalue weighted by Crippen LogP contribution is 2.47. The van der Waals surface area contributed by atoms with Crippen molar-refractivity contribution in [2.24, 2.45) is 11.3 Å². The van der Waals surface area contributed by atoms with Gasteiger partial charge in [0.2, 0.25) is 0 Å². The number of aromatic nitrogens is 2. The number of anilines is 1. The van der Waals surface area contributed by atoms with E-state index in [1.54, 1.807) is 24.3 Å². The van der Waals surface area contributed by atoms with E-state index in [4.69, 9.17) is 16.1 Å². The van der Waals surface area contributed by atoms with Crippen LogP contribution < -0.4 is 15.0 Å². The molecule has 0 radical (unpaired) electrons. The Bertz CT molecular complexity index is 1870. The highest BCUT2D eigenvalue weighted by molar-refractivity contribution is 6.04. The second-order valence-electron chi connectivity index (χ2n) is 14.1. The molecule has 3 aliphatic heterocycles. The molecule has 7 nitrogen and oxygen atoms in total. The monoisotopic (exact) mass is 623 g/mol. The number of hydrogen-bond donors (Lipinski definition) is 2. The zero-order valence-corrected chi connectivity index (χ0v) is 26.2. The summed E-state index contributed by atoms with van der Waals surface area (Å²) >= 11 is 0. The lowest BCUT2D eigenvalue weighted by Gasteiger charge is -2.34. The largest absolute Gasteiger partial charge is 0.508 e. The van der Waals surface area contributed by atoms with Gasteiger partial charge in [-0.1, -0.05) is 25.0 Å². The summed E-state index contributed by atoms with van der Waals surface area (Å²) in [5.41, 5.74) is 0.409. The van der Waals surface area contributed by atoms with Crippen LogP contribution in [0.5, 0.6) is 11.8 Å². The van der Waals surface area contributed by atoms with E-state index in [0.717, 1.165) is 51.2 Å². The van der Waals surface area contributed by atoms with Crippen LogP contribution in [0.15, 0.2) is 36.4 Å². The molecule has 2 unspecified atom stereocenters. The van der Waals surface area contributed by atoms with E-state index >= 15 is 8.78 Å². The number of fused-ring (bicyclic) bond motifs is 4. The SMILES string of the molecule is C#Cc1cccc2cc(O)cc(-c3c(F)cc4c(N5CC6CCC(C5)N6)nc(OCC5(CN6CCC(C)CC6)CC5)nc4c3F)c12. The lowest BCUT2D eigenvalue weighted by molar-refractivity contribution is 0.124. The molecule has 1 saturated carbocycles. The highest BCUT2D eigenvalue weighted by atomic mass is 19.1. The Morgan fingerprint density at radius 3 is 2.54 bits per heavy atom. The third-order valence-corrected chi connectivity index (χ3v) is 10.6. The van der Waals surface area contributed by atoms with Crippen LogP contribution >= 0.6 is 0 Å². The van der Waals surface area contributed by atoms with Crippen LogP contribution in [0.2, 0.25) is 0 Å². The Kier molecular flexibility index (Phi) is 7.26. The normalized spacial score (nSPS) is 22.8. The molecule has 4 heterocycles. The van der Waals surface area contributed by atoms with Gasteiger partial charge in [-0.3, -0.25) is 0 Å². The molecule has 9 heteroatoms. The van der Waals surface area contributed by atoms with Crippen molar-refractivity contribution in [3.63, 3.8) is 0 Å². The molecule has 2 atom stereocenters. The predicted molar refractivity (Wildman–Crippen MR) is 176 cm³/mol. The van der Waals surface area contributed by atoms with Gasteiger partial charge >= 0.3 is 6.01 Å². The standard InChI is InChI=1S/C37H39F2N5O2/c1-3-23-5-4-6-24-15-27(45)16-28(31(23)24)32-30(38)17-29-34(33(32)39)41-36(42-35(29)44-18-25-7-8-26(19-44)40-25)46-21-37(11-12-37)20-43-13-9-22(2)10-14-43/h1,4-6,15-17,22,25-26,40,45H,7-14,18-21H2,2H3. The van der Waals surface area contributed by atoms with Crippen molar-refractivity contribution in [1.82, 2.24) is 20.2 Å². The smallest absolute Gasteiger partial charge is 0.319 e. The number of ether oxygens (including phenoxy) is 1.